The first-order valence-corrected chi connectivity index (χ1v) is 14.5. The van der Waals surface area contributed by atoms with Gasteiger partial charge in [-0.15, -0.1) is 0 Å². The molecule has 2 rings (SSSR count). The first-order chi connectivity index (χ1) is 22.1. The number of anilines is 1. The van der Waals surface area contributed by atoms with Crippen molar-refractivity contribution in [3.63, 3.8) is 0 Å². The zero-order valence-corrected chi connectivity index (χ0v) is 27.1. The maximum Gasteiger partial charge on any atom is 0.339 e. The highest BCUT2D eigenvalue weighted by Gasteiger charge is 2.55. The third-order valence-corrected chi connectivity index (χ3v) is 6.61. The first-order valence-electron chi connectivity index (χ1n) is 14.5. The van der Waals surface area contributed by atoms with Crippen molar-refractivity contribution in [3.8, 4) is 0 Å². The van der Waals surface area contributed by atoms with Gasteiger partial charge in [-0.2, -0.15) is 0 Å². The van der Waals surface area contributed by atoms with E-state index in [0.29, 0.717) is 11.3 Å². The number of rotatable bonds is 14. The molecule has 260 valence electrons. The Hall–Kier alpha value is -4.61. The molecule has 1 aromatic carbocycles. The summed E-state index contributed by atoms with van der Waals surface area (Å²) in [6.07, 6.45) is -8.42. The van der Waals surface area contributed by atoms with E-state index in [2.05, 4.69) is 16.0 Å². The topological polar surface area (TPSA) is 231 Å². The molecule has 1 aromatic rings. The van der Waals surface area contributed by atoms with Gasteiger partial charge in [-0.3, -0.25) is 28.8 Å². The van der Waals surface area contributed by atoms with E-state index in [1.165, 1.54) is 19.1 Å². The molecule has 4 N–H and O–H groups in total. The summed E-state index contributed by atoms with van der Waals surface area (Å²) < 4.78 is 32.2. The monoisotopic (exact) mass is 667 g/mol. The number of aliphatic hydroxyl groups is 1. The van der Waals surface area contributed by atoms with Crippen LogP contribution in [0.3, 0.4) is 0 Å². The van der Waals surface area contributed by atoms with Crippen LogP contribution in [0.5, 0.6) is 0 Å². The lowest BCUT2D eigenvalue weighted by Crippen LogP contribution is -2.64. The molecule has 1 saturated heterocycles. The van der Waals surface area contributed by atoms with Gasteiger partial charge >= 0.3 is 23.9 Å². The average Bonchev–Trinajstić information content (AvgIpc) is 2.99. The summed E-state index contributed by atoms with van der Waals surface area (Å²) in [5.41, 5.74) is 0.872. The number of methoxy groups -OCH3 is 1. The summed E-state index contributed by atoms with van der Waals surface area (Å²) >= 11 is 0. The Morgan fingerprint density at radius 1 is 0.809 bits per heavy atom. The Balaban J connectivity index is 2.49. The third kappa shape index (κ3) is 11.6. The van der Waals surface area contributed by atoms with Gasteiger partial charge < -0.3 is 49.5 Å². The molecule has 1 aliphatic heterocycles. The van der Waals surface area contributed by atoms with Gasteiger partial charge in [-0.05, 0) is 23.6 Å². The Bertz CT molecular complexity index is 1300. The van der Waals surface area contributed by atoms with E-state index in [4.69, 9.17) is 28.4 Å². The van der Waals surface area contributed by atoms with E-state index >= 15 is 0 Å². The van der Waals surface area contributed by atoms with E-state index in [1.807, 2.05) is 0 Å². The molecule has 0 aliphatic carbocycles. The number of hydrogen-bond donors (Lipinski definition) is 4. The first kappa shape index (κ1) is 38.6. The maximum absolute atomic E-state index is 13.5. The van der Waals surface area contributed by atoms with E-state index in [-0.39, 0.29) is 6.61 Å². The molecule has 0 bridgehead atoms. The summed E-state index contributed by atoms with van der Waals surface area (Å²) in [7, 11) is 1.02. The van der Waals surface area contributed by atoms with Gasteiger partial charge in [0.2, 0.25) is 17.7 Å². The summed E-state index contributed by atoms with van der Waals surface area (Å²) in [6, 6.07) is 3.61. The van der Waals surface area contributed by atoms with Crippen molar-refractivity contribution in [1.29, 1.82) is 0 Å². The predicted molar refractivity (Wildman–Crippen MR) is 159 cm³/mol. The summed E-state index contributed by atoms with van der Waals surface area (Å²) in [6.45, 7) is 6.74. The number of esters is 4. The van der Waals surface area contributed by atoms with Crippen LogP contribution >= 0.6 is 0 Å². The number of carbonyl (C=O) groups excluding carboxylic acids is 7. The molecule has 0 spiro atoms. The minimum Gasteiger partial charge on any atom is -0.467 e. The van der Waals surface area contributed by atoms with Crippen molar-refractivity contribution in [1.82, 2.24) is 10.6 Å². The van der Waals surface area contributed by atoms with Crippen molar-refractivity contribution >= 4 is 47.3 Å². The smallest absolute Gasteiger partial charge is 0.339 e. The number of carbonyl (C=O) groups is 7. The van der Waals surface area contributed by atoms with Crippen LogP contribution in [0.1, 0.15) is 47.1 Å². The van der Waals surface area contributed by atoms with Crippen LogP contribution in [0.25, 0.3) is 0 Å². The molecule has 1 heterocycles. The predicted octanol–water partition coefficient (Wildman–Crippen LogP) is -0.527. The molecule has 3 amide bonds. The Morgan fingerprint density at radius 2 is 1.36 bits per heavy atom. The van der Waals surface area contributed by atoms with Crippen molar-refractivity contribution in [2.24, 2.45) is 5.92 Å². The highest BCUT2D eigenvalue weighted by Crippen LogP contribution is 2.30. The second-order valence-electron chi connectivity index (χ2n) is 10.8. The molecule has 0 saturated carbocycles. The van der Waals surface area contributed by atoms with Crippen LogP contribution in [-0.2, 0) is 68.6 Å². The molecule has 17 heteroatoms. The molecule has 0 aromatic heterocycles. The molecule has 17 nitrogen and oxygen atoms in total. The maximum atomic E-state index is 13.5. The van der Waals surface area contributed by atoms with E-state index in [1.54, 1.807) is 26.0 Å². The zero-order valence-electron chi connectivity index (χ0n) is 27.1. The van der Waals surface area contributed by atoms with E-state index in [0.717, 1.165) is 27.9 Å². The number of hydrogen-bond acceptors (Lipinski definition) is 14. The second-order valence-corrected chi connectivity index (χ2v) is 10.8. The number of benzene rings is 1. The number of ether oxygens (including phenoxy) is 6. The van der Waals surface area contributed by atoms with Crippen molar-refractivity contribution in [3.05, 3.63) is 29.8 Å². The molecule has 1 fully saturated rings. The van der Waals surface area contributed by atoms with Crippen LogP contribution in [0.15, 0.2) is 24.3 Å². The van der Waals surface area contributed by atoms with Crippen molar-refractivity contribution in [2.75, 3.05) is 19.0 Å². The van der Waals surface area contributed by atoms with E-state index < -0.39 is 96.9 Å². The Morgan fingerprint density at radius 3 is 1.85 bits per heavy atom. The minimum absolute atomic E-state index is 0.232. The molecular formula is C30H41N3O14. The minimum atomic E-state index is -1.75. The standard InChI is InChI=1S/C30H41N3O14/c1-14(2)22(31-15(3)35)28(40)33-21(27(39)32-20-10-8-19(12-34)9-11-20)13-43-30-26(46-18(6)38)24(45-17(5)37)23(44-16(4)36)25(47-30)29(41)42-7/h8-11,14,21-26,30,34H,12-13H2,1-7H3,(H,31,35)(H,32,39)(H,33,40)/t21-,22-,23-,24-,25-,26+,30+/m0/s1. The van der Waals surface area contributed by atoms with Crippen LogP contribution in [-0.4, -0.2) is 103 Å². The number of amides is 3. The Kier molecular flexibility index (Phi) is 14.7. The average molecular weight is 668 g/mol. The van der Waals surface area contributed by atoms with Crippen LogP contribution < -0.4 is 16.0 Å². The zero-order chi connectivity index (χ0) is 35.4. The van der Waals surface area contributed by atoms with Crippen molar-refractivity contribution in [2.45, 2.75) is 90.9 Å². The molecule has 1 aliphatic rings. The lowest BCUT2D eigenvalue weighted by Gasteiger charge is -2.43. The van der Waals surface area contributed by atoms with E-state index in [9.17, 15) is 38.7 Å². The van der Waals surface area contributed by atoms with Crippen molar-refractivity contribution < 1.29 is 67.1 Å². The highest BCUT2D eigenvalue weighted by atomic mass is 16.7. The SMILES string of the molecule is COC(=O)[C@H]1O[C@@H](OC[C@H](NC(=O)[C@@H](NC(C)=O)C(C)C)C(=O)Nc2ccc(CO)cc2)[C@H](OC(C)=O)[C@@H](OC(C)=O)[C@@H]1OC(C)=O. The summed E-state index contributed by atoms with van der Waals surface area (Å²) in [4.78, 5) is 87.3. The van der Waals surface area contributed by atoms with Gasteiger partial charge in [0.1, 0.15) is 12.1 Å². The van der Waals surface area contributed by atoms with Crippen LogP contribution in [0, 0.1) is 5.92 Å². The van der Waals surface area contributed by atoms with Gasteiger partial charge in [-0.25, -0.2) is 4.79 Å². The largest absolute Gasteiger partial charge is 0.467 e. The fraction of sp³-hybridized carbons (Fsp3) is 0.567. The van der Waals surface area contributed by atoms with Gasteiger partial charge in [0.25, 0.3) is 0 Å². The van der Waals surface area contributed by atoms with Gasteiger partial charge in [-0.1, -0.05) is 26.0 Å². The lowest BCUT2D eigenvalue weighted by atomic mass is 9.97. The fourth-order valence-corrected chi connectivity index (χ4v) is 4.53. The summed E-state index contributed by atoms with van der Waals surface area (Å²) in [5, 5.41) is 17.0. The number of nitrogens with one attached hydrogen (secondary N) is 3. The lowest BCUT2D eigenvalue weighted by molar-refractivity contribution is -0.302. The Labute approximate surface area is 270 Å². The van der Waals surface area contributed by atoms with Gasteiger partial charge in [0.05, 0.1) is 20.3 Å². The molecule has 7 atom stereocenters. The molecule has 0 radical (unpaired) electrons. The van der Waals surface area contributed by atoms with Gasteiger partial charge in [0.15, 0.2) is 30.7 Å². The highest BCUT2D eigenvalue weighted by molar-refractivity contribution is 5.98. The molecule has 47 heavy (non-hydrogen) atoms. The molecular weight excluding hydrogens is 626 g/mol. The third-order valence-electron chi connectivity index (χ3n) is 6.61. The second kappa shape index (κ2) is 17.9. The normalized spacial score (nSPS) is 21.8. The summed E-state index contributed by atoms with van der Waals surface area (Å²) in [5.74, 6) is -6.17. The number of aliphatic hydroxyl groups excluding tert-OH is 1. The van der Waals surface area contributed by atoms with Crippen LogP contribution in [0.2, 0.25) is 0 Å². The van der Waals surface area contributed by atoms with Gasteiger partial charge in [0, 0.05) is 33.4 Å². The molecule has 0 unspecified atom stereocenters. The fourth-order valence-electron chi connectivity index (χ4n) is 4.53. The quantitative estimate of drug-likeness (QED) is 0.144. The van der Waals surface area contributed by atoms with Crippen LogP contribution in [0.4, 0.5) is 5.69 Å².